The van der Waals surface area contributed by atoms with E-state index >= 15 is 0 Å². The van der Waals surface area contributed by atoms with E-state index in [2.05, 4.69) is 60.6 Å². The van der Waals surface area contributed by atoms with E-state index < -0.39 is 0 Å². The molecule has 0 spiro atoms. The summed E-state index contributed by atoms with van der Waals surface area (Å²) in [4.78, 5) is 0. The Morgan fingerprint density at radius 2 is 1.12 bits per heavy atom. The summed E-state index contributed by atoms with van der Waals surface area (Å²) in [5.41, 5.74) is 6.16. The molecule has 0 N–H and O–H groups in total. The number of rotatable bonds is 4. The lowest BCUT2D eigenvalue weighted by Gasteiger charge is -2.22. The lowest BCUT2D eigenvalue weighted by atomic mass is 9.84. The molecule has 1 rings (SSSR count). The molecule has 0 amide bonds. The summed E-state index contributed by atoms with van der Waals surface area (Å²) in [6.07, 6.45) is 1.14. The quantitative estimate of drug-likeness (QED) is 0.632. The van der Waals surface area contributed by atoms with Crippen molar-refractivity contribution in [3.05, 3.63) is 34.4 Å². The summed E-state index contributed by atoms with van der Waals surface area (Å²) in [6, 6.07) is 4.92. The molecule has 0 unspecified atom stereocenters. The van der Waals surface area contributed by atoms with Gasteiger partial charge in [-0.1, -0.05) is 60.6 Å². The highest BCUT2D eigenvalue weighted by atomic mass is 14.2. The molecule has 0 saturated carbocycles. The van der Waals surface area contributed by atoms with Crippen LogP contribution in [-0.4, -0.2) is 0 Å². The van der Waals surface area contributed by atoms with Gasteiger partial charge in [0.05, 0.1) is 0 Å². The molecule has 0 fully saturated rings. The van der Waals surface area contributed by atoms with Gasteiger partial charge in [-0.2, -0.15) is 0 Å². The van der Waals surface area contributed by atoms with E-state index in [-0.39, 0.29) is 0 Å². The van der Waals surface area contributed by atoms with Crippen LogP contribution in [0.5, 0.6) is 0 Å². The van der Waals surface area contributed by atoms with Crippen LogP contribution in [0.25, 0.3) is 0 Å². The van der Waals surface area contributed by atoms with Gasteiger partial charge in [-0.05, 0) is 46.4 Å². The lowest BCUT2D eigenvalue weighted by Crippen LogP contribution is -2.05. The third-order valence-corrected chi connectivity index (χ3v) is 3.59. The second-order valence-corrected chi connectivity index (χ2v) is 6.00. The first-order valence-electron chi connectivity index (χ1n) is 7.05. The van der Waals surface area contributed by atoms with Crippen molar-refractivity contribution in [2.24, 2.45) is 0 Å². The summed E-state index contributed by atoms with van der Waals surface area (Å²) >= 11 is 0. The summed E-state index contributed by atoms with van der Waals surface area (Å²) in [5.74, 6) is 1.87. The number of hydrogen-bond acceptors (Lipinski definition) is 0. The van der Waals surface area contributed by atoms with E-state index in [9.17, 15) is 0 Å². The SMILES string of the molecule is CCc1cc(C(C)C)c(C(C)C)cc1C(C)C. The Morgan fingerprint density at radius 3 is 1.47 bits per heavy atom. The van der Waals surface area contributed by atoms with Crippen LogP contribution in [-0.2, 0) is 6.42 Å². The monoisotopic (exact) mass is 232 g/mol. The maximum atomic E-state index is 2.46. The molecule has 96 valence electrons. The van der Waals surface area contributed by atoms with Crippen molar-refractivity contribution in [3.63, 3.8) is 0 Å². The summed E-state index contributed by atoms with van der Waals surface area (Å²) in [6.45, 7) is 16.1. The van der Waals surface area contributed by atoms with Crippen molar-refractivity contribution in [2.45, 2.75) is 72.6 Å². The molecule has 0 heterocycles. The van der Waals surface area contributed by atoms with Crippen LogP contribution in [0.15, 0.2) is 12.1 Å². The number of benzene rings is 1. The number of hydrogen-bond donors (Lipinski definition) is 0. The zero-order valence-corrected chi connectivity index (χ0v) is 12.6. The van der Waals surface area contributed by atoms with Crippen molar-refractivity contribution in [3.8, 4) is 0 Å². The number of aryl methyl sites for hydroxylation is 1. The topological polar surface area (TPSA) is 0 Å². The molecule has 0 heteroatoms. The molecule has 0 nitrogen and oxygen atoms in total. The van der Waals surface area contributed by atoms with E-state index in [4.69, 9.17) is 0 Å². The Bertz CT molecular complexity index is 370. The van der Waals surface area contributed by atoms with E-state index in [1.807, 2.05) is 0 Å². The van der Waals surface area contributed by atoms with Crippen LogP contribution in [0.4, 0.5) is 0 Å². The standard InChI is InChI=1S/C17H28/c1-8-14-9-16(12(4)5)17(13(6)7)10-15(14)11(2)3/h9-13H,8H2,1-7H3. The van der Waals surface area contributed by atoms with Gasteiger partial charge in [0.15, 0.2) is 0 Å². The minimum atomic E-state index is 0.621. The van der Waals surface area contributed by atoms with Crippen LogP contribution >= 0.6 is 0 Å². The van der Waals surface area contributed by atoms with Gasteiger partial charge in [0, 0.05) is 0 Å². The van der Waals surface area contributed by atoms with Crippen molar-refractivity contribution >= 4 is 0 Å². The Hall–Kier alpha value is -0.780. The van der Waals surface area contributed by atoms with Crippen LogP contribution < -0.4 is 0 Å². The van der Waals surface area contributed by atoms with Crippen molar-refractivity contribution < 1.29 is 0 Å². The third kappa shape index (κ3) is 3.12. The Labute approximate surface area is 107 Å². The average molecular weight is 232 g/mol. The molecule has 0 aliphatic heterocycles. The predicted molar refractivity (Wildman–Crippen MR) is 78.1 cm³/mol. The second-order valence-electron chi connectivity index (χ2n) is 6.00. The second kappa shape index (κ2) is 5.71. The van der Waals surface area contributed by atoms with Crippen LogP contribution in [0.3, 0.4) is 0 Å². The molecular formula is C17H28. The van der Waals surface area contributed by atoms with Crippen molar-refractivity contribution in [1.82, 2.24) is 0 Å². The zero-order valence-electron chi connectivity index (χ0n) is 12.6. The molecule has 0 aromatic heterocycles. The molecule has 0 aliphatic rings. The summed E-state index contributed by atoms with van der Waals surface area (Å²) < 4.78 is 0. The maximum absolute atomic E-state index is 2.46. The molecule has 0 radical (unpaired) electrons. The first-order chi connectivity index (χ1) is 7.88. The van der Waals surface area contributed by atoms with Gasteiger partial charge >= 0.3 is 0 Å². The molecule has 0 aliphatic carbocycles. The summed E-state index contributed by atoms with van der Waals surface area (Å²) in [5, 5.41) is 0. The molecule has 0 atom stereocenters. The van der Waals surface area contributed by atoms with E-state index in [0.717, 1.165) is 6.42 Å². The van der Waals surface area contributed by atoms with Gasteiger partial charge in [0.25, 0.3) is 0 Å². The van der Waals surface area contributed by atoms with Gasteiger partial charge in [0.1, 0.15) is 0 Å². The van der Waals surface area contributed by atoms with Crippen molar-refractivity contribution in [1.29, 1.82) is 0 Å². The first kappa shape index (κ1) is 14.3. The maximum Gasteiger partial charge on any atom is -0.0216 e. The third-order valence-electron chi connectivity index (χ3n) is 3.59. The molecule has 1 aromatic rings. The van der Waals surface area contributed by atoms with Crippen molar-refractivity contribution in [2.75, 3.05) is 0 Å². The molecule has 1 aromatic carbocycles. The highest BCUT2D eigenvalue weighted by Gasteiger charge is 2.15. The summed E-state index contributed by atoms with van der Waals surface area (Å²) in [7, 11) is 0. The highest BCUT2D eigenvalue weighted by molar-refractivity contribution is 5.43. The lowest BCUT2D eigenvalue weighted by molar-refractivity contribution is 0.769. The Balaban J connectivity index is 3.42. The zero-order chi connectivity index (χ0) is 13.2. The fraction of sp³-hybridized carbons (Fsp3) is 0.647. The highest BCUT2D eigenvalue weighted by Crippen LogP contribution is 2.32. The predicted octanol–water partition coefficient (Wildman–Crippen LogP) is 5.62. The van der Waals surface area contributed by atoms with Crippen LogP contribution in [0.2, 0.25) is 0 Å². The normalized spacial score (nSPS) is 11.9. The average Bonchev–Trinajstić information content (AvgIpc) is 2.26. The van der Waals surface area contributed by atoms with Crippen LogP contribution in [0, 0.1) is 0 Å². The first-order valence-corrected chi connectivity index (χ1v) is 7.05. The fourth-order valence-corrected chi connectivity index (χ4v) is 2.54. The van der Waals surface area contributed by atoms with Crippen LogP contribution in [0.1, 0.15) is 88.5 Å². The van der Waals surface area contributed by atoms with E-state index in [1.54, 1.807) is 16.7 Å². The molecule has 0 bridgehead atoms. The van der Waals surface area contributed by atoms with E-state index in [1.165, 1.54) is 5.56 Å². The van der Waals surface area contributed by atoms with Gasteiger partial charge in [-0.15, -0.1) is 0 Å². The smallest absolute Gasteiger partial charge is 0.0216 e. The fourth-order valence-electron chi connectivity index (χ4n) is 2.54. The largest absolute Gasteiger partial charge is 0.0613 e. The Morgan fingerprint density at radius 1 is 0.706 bits per heavy atom. The minimum Gasteiger partial charge on any atom is -0.0613 e. The van der Waals surface area contributed by atoms with Gasteiger partial charge in [-0.3, -0.25) is 0 Å². The molecule has 0 saturated heterocycles. The molecule has 17 heavy (non-hydrogen) atoms. The van der Waals surface area contributed by atoms with E-state index in [0.29, 0.717) is 17.8 Å². The van der Waals surface area contributed by atoms with Gasteiger partial charge in [0.2, 0.25) is 0 Å². The Kier molecular flexibility index (Phi) is 4.80. The molecular weight excluding hydrogens is 204 g/mol. The minimum absolute atomic E-state index is 0.621. The van der Waals surface area contributed by atoms with Gasteiger partial charge < -0.3 is 0 Å². The van der Waals surface area contributed by atoms with Gasteiger partial charge in [-0.25, -0.2) is 0 Å².